The van der Waals surface area contributed by atoms with Crippen molar-refractivity contribution in [2.75, 3.05) is 5.43 Å². The Hall–Kier alpha value is -2.10. The molecular weight excluding hydrogens is 202 g/mol. The lowest BCUT2D eigenvalue weighted by Crippen LogP contribution is -2.24. The van der Waals surface area contributed by atoms with Crippen molar-refractivity contribution in [1.82, 2.24) is 9.66 Å². The van der Waals surface area contributed by atoms with E-state index < -0.39 is 0 Å². The molecule has 4 nitrogen and oxygen atoms in total. The molecule has 2 aromatic rings. The third kappa shape index (κ3) is 1.95. The van der Waals surface area contributed by atoms with E-state index in [1.165, 1.54) is 0 Å². The molecule has 2 aromatic heterocycles. The van der Waals surface area contributed by atoms with E-state index in [2.05, 4.69) is 10.4 Å². The van der Waals surface area contributed by atoms with Crippen molar-refractivity contribution in [3.8, 4) is 0 Å². The van der Waals surface area contributed by atoms with Crippen LogP contribution in [0, 0.1) is 13.8 Å². The predicted molar refractivity (Wildman–Crippen MR) is 61.8 cm³/mol. The second kappa shape index (κ2) is 4.18. The summed E-state index contributed by atoms with van der Waals surface area (Å²) in [5, 5.41) is 0. The number of amides is 1. The molecule has 0 aliphatic heterocycles. The molecule has 0 fully saturated rings. The normalized spacial score (nSPS) is 10.1. The molecule has 0 bridgehead atoms. The average Bonchev–Trinajstić information content (AvgIpc) is 2.62. The first-order chi connectivity index (χ1) is 7.68. The number of rotatable bonds is 2. The maximum atomic E-state index is 11.9. The van der Waals surface area contributed by atoms with Crippen molar-refractivity contribution in [3.63, 3.8) is 0 Å². The van der Waals surface area contributed by atoms with Gasteiger partial charge in [-0.3, -0.25) is 19.9 Å². The summed E-state index contributed by atoms with van der Waals surface area (Å²) in [5.74, 6) is -0.134. The standard InChI is InChI=1S/C12H13N3O/c1-9-3-4-10(2)15(9)14-12(16)11-5-7-13-8-6-11/h3-8H,1-2H3,(H,14,16). The Labute approximate surface area is 93.9 Å². The van der Waals surface area contributed by atoms with Gasteiger partial charge in [-0.25, -0.2) is 0 Å². The molecule has 0 radical (unpaired) electrons. The smallest absolute Gasteiger partial charge is 0.267 e. The quantitative estimate of drug-likeness (QED) is 0.831. The van der Waals surface area contributed by atoms with Crippen LogP contribution in [0.3, 0.4) is 0 Å². The van der Waals surface area contributed by atoms with Crippen LogP contribution in [-0.4, -0.2) is 15.6 Å². The minimum absolute atomic E-state index is 0.134. The van der Waals surface area contributed by atoms with Crippen LogP contribution in [0.2, 0.25) is 0 Å². The summed E-state index contributed by atoms with van der Waals surface area (Å²) in [7, 11) is 0. The van der Waals surface area contributed by atoms with E-state index in [-0.39, 0.29) is 5.91 Å². The summed E-state index contributed by atoms with van der Waals surface area (Å²) >= 11 is 0. The lowest BCUT2D eigenvalue weighted by atomic mass is 10.2. The van der Waals surface area contributed by atoms with Gasteiger partial charge in [-0.15, -0.1) is 0 Å². The third-order valence-corrected chi connectivity index (χ3v) is 2.43. The molecule has 0 aromatic carbocycles. The van der Waals surface area contributed by atoms with Gasteiger partial charge < -0.3 is 0 Å². The highest BCUT2D eigenvalue weighted by atomic mass is 16.2. The Bertz CT molecular complexity index is 483. The average molecular weight is 215 g/mol. The molecule has 0 atom stereocenters. The van der Waals surface area contributed by atoms with Gasteiger partial charge in [0.25, 0.3) is 5.91 Å². The zero-order valence-corrected chi connectivity index (χ0v) is 9.27. The van der Waals surface area contributed by atoms with E-state index in [1.807, 2.05) is 26.0 Å². The molecule has 0 aliphatic rings. The van der Waals surface area contributed by atoms with Crippen molar-refractivity contribution < 1.29 is 4.79 Å². The lowest BCUT2D eigenvalue weighted by molar-refractivity contribution is 0.101. The highest BCUT2D eigenvalue weighted by Crippen LogP contribution is 2.05. The minimum Gasteiger partial charge on any atom is -0.267 e. The molecular formula is C12H13N3O. The molecule has 1 amide bonds. The number of aryl methyl sites for hydroxylation is 2. The van der Waals surface area contributed by atoms with Crippen LogP contribution in [0.5, 0.6) is 0 Å². The summed E-state index contributed by atoms with van der Waals surface area (Å²) in [6.07, 6.45) is 3.20. The van der Waals surface area contributed by atoms with Crippen LogP contribution in [-0.2, 0) is 0 Å². The Kier molecular flexibility index (Phi) is 2.72. The molecule has 2 rings (SSSR count). The van der Waals surface area contributed by atoms with Gasteiger partial charge in [0, 0.05) is 29.3 Å². The largest absolute Gasteiger partial charge is 0.270 e. The Morgan fingerprint density at radius 2 is 1.69 bits per heavy atom. The first-order valence-electron chi connectivity index (χ1n) is 5.05. The van der Waals surface area contributed by atoms with Crippen molar-refractivity contribution in [2.45, 2.75) is 13.8 Å². The molecule has 4 heteroatoms. The van der Waals surface area contributed by atoms with E-state index in [9.17, 15) is 4.79 Å². The molecule has 2 heterocycles. The number of pyridine rings is 1. The molecule has 0 saturated heterocycles. The zero-order valence-electron chi connectivity index (χ0n) is 9.27. The fourth-order valence-electron chi connectivity index (χ4n) is 1.51. The Balaban J connectivity index is 2.21. The van der Waals surface area contributed by atoms with Gasteiger partial charge in [-0.2, -0.15) is 0 Å². The third-order valence-electron chi connectivity index (χ3n) is 2.43. The van der Waals surface area contributed by atoms with Crippen LogP contribution >= 0.6 is 0 Å². The first-order valence-corrected chi connectivity index (χ1v) is 5.05. The topological polar surface area (TPSA) is 46.9 Å². The van der Waals surface area contributed by atoms with Crippen molar-refractivity contribution >= 4 is 5.91 Å². The van der Waals surface area contributed by atoms with E-state index in [1.54, 1.807) is 29.2 Å². The predicted octanol–water partition coefficient (Wildman–Crippen LogP) is 1.88. The molecule has 0 spiro atoms. The number of nitrogens with one attached hydrogen (secondary N) is 1. The maximum absolute atomic E-state index is 11.9. The summed E-state index contributed by atoms with van der Waals surface area (Å²) < 4.78 is 1.77. The zero-order chi connectivity index (χ0) is 11.5. The first kappa shape index (κ1) is 10.4. The highest BCUT2D eigenvalue weighted by Gasteiger charge is 2.07. The SMILES string of the molecule is Cc1ccc(C)n1NC(=O)c1ccncc1. The van der Waals surface area contributed by atoms with Gasteiger partial charge in [0.15, 0.2) is 0 Å². The number of hydrogen-bond acceptors (Lipinski definition) is 2. The molecule has 0 unspecified atom stereocenters. The van der Waals surface area contributed by atoms with E-state index >= 15 is 0 Å². The number of carbonyl (C=O) groups excluding carboxylic acids is 1. The summed E-state index contributed by atoms with van der Waals surface area (Å²) in [5.41, 5.74) is 5.42. The molecule has 82 valence electrons. The number of carbonyl (C=O) groups is 1. The van der Waals surface area contributed by atoms with E-state index in [0.29, 0.717) is 5.56 Å². The summed E-state index contributed by atoms with van der Waals surface area (Å²) in [4.78, 5) is 15.7. The molecule has 1 N–H and O–H groups in total. The molecule has 0 saturated carbocycles. The summed E-state index contributed by atoms with van der Waals surface area (Å²) in [6.45, 7) is 3.89. The van der Waals surface area contributed by atoms with Gasteiger partial charge in [0.1, 0.15) is 0 Å². The monoisotopic (exact) mass is 215 g/mol. The van der Waals surface area contributed by atoms with E-state index in [0.717, 1.165) is 11.4 Å². The lowest BCUT2D eigenvalue weighted by Gasteiger charge is -2.10. The number of hydrogen-bond donors (Lipinski definition) is 1. The van der Waals surface area contributed by atoms with Crippen LogP contribution < -0.4 is 5.43 Å². The second-order valence-electron chi connectivity index (χ2n) is 3.63. The molecule has 16 heavy (non-hydrogen) atoms. The van der Waals surface area contributed by atoms with Crippen LogP contribution in [0.1, 0.15) is 21.7 Å². The van der Waals surface area contributed by atoms with Crippen molar-refractivity contribution in [1.29, 1.82) is 0 Å². The van der Waals surface area contributed by atoms with Crippen LogP contribution in [0.15, 0.2) is 36.7 Å². The van der Waals surface area contributed by atoms with Gasteiger partial charge in [-0.1, -0.05) is 0 Å². The van der Waals surface area contributed by atoms with Crippen molar-refractivity contribution in [3.05, 3.63) is 53.6 Å². The van der Waals surface area contributed by atoms with Crippen LogP contribution in [0.4, 0.5) is 0 Å². The minimum atomic E-state index is -0.134. The number of aromatic nitrogens is 2. The highest BCUT2D eigenvalue weighted by molar-refractivity contribution is 5.99. The molecule has 0 aliphatic carbocycles. The van der Waals surface area contributed by atoms with Gasteiger partial charge in [0.2, 0.25) is 0 Å². The van der Waals surface area contributed by atoms with Crippen LogP contribution in [0.25, 0.3) is 0 Å². The fraction of sp³-hybridized carbons (Fsp3) is 0.167. The Morgan fingerprint density at radius 1 is 1.12 bits per heavy atom. The fourth-order valence-corrected chi connectivity index (χ4v) is 1.51. The number of nitrogens with zero attached hydrogens (tertiary/aromatic N) is 2. The summed E-state index contributed by atoms with van der Waals surface area (Å²) in [6, 6.07) is 7.29. The second-order valence-corrected chi connectivity index (χ2v) is 3.63. The van der Waals surface area contributed by atoms with Gasteiger partial charge >= 0.3 is 0 Å². The maximum Gasteiger partial charge on any atom is 0.270 e. The van der Waals surface area contributed by atoms with Gasteiger partial charge in [0.05, 0.1) is 0 Å². The van der Waals surface area contributed by atoms with E-state index in [4.69, 9.17) is 0 Å². The van der Waals surface area contributed by atoms with Gasteiger partial charge in [-0.05, 0) is 38.1 Å². The van der Waals surface area contributed by atoms with Crippen molar-refractivity contribution in [2.24, 2.45) is 0 Å². The Morgan fingerprint density at radius 3 is 2.25 bits per heavy atom.